The van der Waals surface area contributed by atoms with Crippen LogP contribution in [0.1, 0.15) is 32.3 Å². The number of rotatable bonds is 5. The summed E-state index contributed by atoms with van der Waals surface area (Å²) in [6.07, 6.45) is 4.80. The van der Waals surface area contributed by atoms with Crippen molar-refractivity contribution in [2.45, 2.75) is 39.3 Å². The Balaban J connectivity index is 1.69. The number of halogens is 1. The van der Waals surface area contributed by atoms with Crippen molar-refractivity contribution in [3.8, 4) is 0 Å². The molecule has 1 saturated heterocycles. The predicted molar refractivity (Wildman–Crippen MR) is 87.2 cm³/mol. The second-order valence-electron chi connectivity index (χ2n) is 5.86. The van der Waals surface area contributed by atoms with Crippen molar-refractivity contribution in [3.63, 3.8) is 0 Å². The lowest BCUT2D eigenvalue weighted by atomic mass is 10.0. The second-order valence-corrected chi connectivity index (χ2v) is 6.30. The van der Waals surface area contributed by atoms with Crippen LogP contribution < -0.4 is 5.32 Å². The average Bonchev–Trinajstić information content (AvgIpc) is 2.45. The van der Waals surface area contributed by atoms with Crippen molar-refractivity contribution in [2.24, 2.45) is 0 Å². The third-order valence-electron chi connectivity index (χ3n) is 3.85. The summed E-state index contributed by atoms with van der Waals surface area (Å²) in [5, 5.41) is 4.46. The van der Waals surface area contributed by atoms with Gasteiger partial charge in [-0.25, -0.2) is 0 Å². The lowest BCUT2D eigenvalue weighted by Crippen LogP contribution is -2.42. The Kier molecular flexibility index (Phi) is 6.08. The summed E-state index contributed by atoms with van der Waals surface area (Å²) in [7, 11) is 0. The summed E-state index contributed by atoms with van der Waals surface area (Å²) in [6.45, 7) is 8.77. The fraction of sp³-hybridized carbons (Fsp3) is 0.529. The Hall–Kier alpha value is -0.830. The van der Waals surface area contributed by atoms with E-state index in [1.165, 1.54) is 37.1 Å². The summed E-state index contributed by atoms with van der Waals surface area (Å²) in [5.41, 5.74) is 2.72. The van der Waals surface area contributed by atoms with Gasteiger partial charge in [0.05, 0.1) is 0 Å². The lowest BCUT2D eigenvalue weighted by Gasteiger charge is -2.31. The molecular weight excluding hydrogens is 268 g/mol. The van der Waals surface area contributed by atoms with E-state index < -0.39 is 0 Å². The van der Waals surface area contributed by atoms with Crippen LogP contribution in [0.2, 0.25) is 5.02 Å². The van der Waals surface area contributed by atoms with E-state index in [4.69, 9.17) is 11.6 Å². The van der Waals surface area contributed by atoms with Gasteiger partial charge in [0, 0.05) is 24.2 Å². The van der Waals surface area contributed by atoms with Crippen LogP contribution >= 0.6 is 11.6 Å². The fourth-order valence-corrected chi connectivity index (χ4v) is 2.62. The van der Waals surface area contributed by atoms with Gasteiger partial charge in [0.25, 0.3) is 0 Å². The zero-order chi connectivity index (χ0) is 14.4. The van der Waals surface area contributed by atoms with Crippen LogP contribution in [0.4, 0.5) is 0 Å². The molecule has 0 aromatic heterocycles. The maximum atomic E-state index is 5.90. The molecule has 1 aromatic carbocycles. The Morgan fingerprint density at radius 1 is 1.25 bits per heavy atom. The predicted octanol–water partition coefficient (Wildman–Crippen LogP) is 3.86. The van der Waals surface area contributed by atoms with E-state index in [1.54, 1.807) is 0 Å². The molecule has 0 atom stereocenters. The first kappa shape index (κ1) is 15.6. The maximum absolute atomic E-state index is 5.90. The van der Waals surface area contributed by atoms with Crippen molar-refractivity contribution < 1.29 is 0 Å². The van der Waals surface area contributed by atoms with Gasteiger partial charge >= 0.3 is 0 Å². The number of hydrogen-bond donors (Lipinski definition) is 1. The second kappa shape index (κ2) is 7.82. The number of allylic oxidation sites excluding steroid dienone is 1. The third kappa shape index (κ3) is 5.28. The molecule has 1 heterocycles. The first-order chi connectivity index (χ1) is 9.63. The highest BCUT2D eigenvalue weighted by Gasteiger charge is 2.17. The van der Waals surface area contributed by atoms with Crippen LogP contribution in [0.15, 0.2) is 35.9 Å². The van der Waals surface area contributed by atoms with E-state index in [1.807, 2.05) is 12.1 Å². The van der Waals surface area contributed by atoms with Crippen LogP contribution in [0.5, 0.6) is 0 Å². The number of likely N-dealkylation sites (tertiary alicyclic amines) is 1. The van der Waals surface area contributed by atoms with Crippen LogP contribution in [0.25, 0.3) is 0 Å². The minimum absolute atomic E-state index is 0.647. The van der Waals surface area contributed by atoms with Gasteiger partial charge in [-0.1, -0.05) is 35.4 Å². The molecule has 0 bridgehead atoms. The standard InChI is InChI=1S/C17H25ClN2/c1-14(2)7-10-20-11-8-17(9-12-20)19-13-15-3-5-16(18)6-4-15/h3-7,17,19H,8-13H2,1-2H3. The molecule has 3 heteroatoms. The number of benzene rings is 1. The molecule has 0 spiro atoms. The Labute approximate surface area is 127 Å². The molecule has 2 rings (SSSR count). The quantitative estimate of drug-likeness (QED) is 0.829. The number of piperidine rings is 1. The molecule has 0 unspecified atom stereocenters. The summed E-state index contributed by atoms with van der Waals surface area (Å²) >= 11 is 5.90. The van der Waals surface area contributed by atoms with Crippen molar-refractivity contribution >= 4 is 11.6 Å². The van der Waals surface area contributed by atoms with Gasteiger partial charge in [-0.3, -0.25) is 4.90 Å². The van der Waals surface area contributed by atoms with Crippen LogP contribution in [0.3, 0.4) is 0 Å². The van der Waals surface area contributed by atoms with Crippen LogP contribution in [-0.4, -0.2) is 30.6 Å². The Bertz CT molecular complexity index is 427. The Morgan fingerprint density at radius 2 is 1.90 bits per heavy atom. The molecule has 0 aliphatic carbocycles. The first-order valence-corrected chi connectivity index (χ1v) is 7.85. The smallest absolute Gasteiger partial charge is 0.0406 e. The topological polar surface area (TPSA) is 15.3 Å². The number of hydrogen-bond acceptors (Lipinski definition) is 2. The van der Waals surface area contributed by atoms with Crippen molar-refractivity contribution in [3.05, 3.63) is 46.5 Å². The zero-order valence-corrected chi connectivity index (χ0v) is 13.3. The lowest BCUT2D eigenvalue weighted by molar-refractivity contribution is 0.214. The van der Waals surface area contributed by atoms with Gasteiger partial charge in [-0.15, -0.1) is 0 Å². The maximum Gasteiger partial charge on any atom is 0.0406 e. The molecule has 1 aliphatic heterocycles. The molecule has 1 fully saturated rings. The van der Waals surface area contributed by atoms with E-state index in [0.29, 0.717) is 6.04 Å². The normalized spacial score (nSPS) is 17.1. The molecule has 2 nitrogen and oxygen atoms in total. The van der Waals surface area contributed by atoms with Gasteiger partial charge in [0.2, 0.25) is 0 Å². The molecule has 0 amide bonds. The van der Waals surface area contributed by atoms with Crippen molar-refractivity contribution in [2.75, 3.05) is 19.6 Å². The van der Waals surface area contributed by atoms with E-state index in [-0.39, 0.29) is 0 Å². The molecule has 0 saturated carbocycles. The van der Waals surface area contributed by atoms with E-state index in [0.717, 1.165) is 18.1 Å². The minimum Gasteiger partial charge on any atom is -0.310 e. The minimum atomic E-state index is 0.647. The molecule has 1 aliphatic rings. The summed E-state index contributed by atoms with van der Waals surface area (Å²) in [5.74, 6) is 0. The molecule has 110 valence electrons. The highest BCUT2D eigenvalue weighted by molar-refractivity contribution is 6.30. The van der Waals surface area contributed by atoms with Crippen LogP contribution in [-0.2, 0) is 6.54 Å². The van der Waals surface area contributed by atoms with Gasteiger partial charge in [-0.05, 0) is 57.5 Å². The van der Waals surface area contributed by atoms with Gasteiger partial charge < -0.3 is 5.32 Å². The van der Waals surface area contributed by atoms with Crippen LogP contribution in [0, 0.1) is 0 Å². The summed E-state index contributed by atoms with van der Waals surface area (Å²) in [6, 6.07) is 8.76. The van der Waals surface area contributed by atoms with Gasteiger partial charge in [-0.2, -0.15) is 0 Å². The largest absolute Gasteiger partial charge is 0.310 e. The van der Waals surface area contributed by atoms with E-state index in [9.17, 15) is 0 Å². The number of nitrogens with zero attached hydrogens (tertiary/aromatic N) is 1. The highest BCUT2D eigenvalue weighted by atomic mass is 35.5. The fourth-order valence-electron chi connectivity index (χ4n) is 2.50. The average molecular weight is 293 g/mol. The molecular formula is C17H25ClN2. The molecule has 1 aromatic rings. The number of nitrogens with one attached hydrogen (secondary N) is 1. The van der Waals surface area contributed by atoms with Crippen molar-refractivity contribution in [1.29, 1.82) is 0 Å². The van der Waals surface area contributed by atoms with Crippen molar-refractivity contribution in [1.82, 2.24) is 10.2 Å². The van der Waals surface area contributed by atoms with Gasteiger partial charge in [0.1, 0.15) is 0 Å². The SMILES string of the molecule is CC(C)=CCN1CCC(NCc2ccc(Cl)cc2)CC1. The Morgan fingerprint density at radius 3 is 2.50 bits per heavy atom. The van der Waals surface area contributed by atoms with Gasteiger partial charge in [0.15, 0.2) is 0 Å². The third-order valence-corrected chi connectivity index (χ3v) is 4.11. The molecule has 20 heavy (non-hydrogen) atoms. The monoisotopic (exact) mass is 292 g/mol. The first-order valence-electron chi connectivity index (χ1n) is 7.47. The highest BCUT2D eigenvalue weighted by Crippen LogP contribution is 2.13. The molecule has 1 N–H and O–H groups in total. The zero-order valence-electron chi connectivity index (χ0n) is 12.5. The molecule has 0 radical (unpaired) electrons. The summed E-state index contributed by atoms with van der Waals surface area (Å²) < 4.78 is 0. The summed E-state index contributed by atoms with van der Waals surface area (Å²) in [4.78, 5) is 2.54. The van der Waals surface area contributed by atoms with E-state index in [2.05, 4.69) is 42.3 Å². The van der Waals surface area contributed by atoms with E-state index >= 15 is 0 Å².